The smallest absolute Gasteiger partial charge is 0.266 e. The second-order valence-electron chi connectivity index (χ2n) is 9.91. The topological polar surface area (TPSA) is 54.5 Å². The minimum absolute atomic E-state index is 0. The second kappa shape index (κ2) is 14.5. The van der Waals surface area contributed by atoms with Crippen LogP contribution in [0.5, 0.6) is 5.75 Å². The minimum atomic E-state index is -0.00559. The van der Waals surface area contributed by atoms with E-state index in [2.05, 4.69) is 28.5 Å². The van der Waals surface area contributed by atoms with Crippen molar-refractivity contribution in [3.63, 3.8) is 0 Å². The van der Waals surface area contributed by atoms with Gasteiger partial charge < -0.3 is 15.0 Å². The van der Waals surface area contributed by atoms with Gasteiger partial charge in [-0.25, -0.2) is 0 Å². The van der Waals surface area contributed by atoms with Gasteiger partial charge in [-0.15, -0.1) is 36.2 Å². The zero-order valence-electron chi connectivity index (χ0n) is 23.0. The van der Waals surface area contributed by atoms with Gasteiger partial charge in [-0.1, -0.05) is 41.9 Å². The number of fused-ring (bicyclic) bond motifs is 1. The lowest BCUT2D eigenvalue weighted by molar-refractivity contribution is 0.0604. The summed E-state index contributed by atoms with van der Waals surface area (Å²) in [6, 6.07) is 18.9. The fraction of sp³-hybridized carbons (Fsp3) is 0.355. The normalized spacial score (nSPS) is 16.6. The number of carbonyl (C=O) groups excluding carboxylic acids is 1. The molecule has 0 unspecified atom stereocenters. The van der Waals surface area contributed by atoms with E-state index in [1.165, 1.54) is 11.3 Å². The second-order valence-corrected chi connectivity index (χ2v) is 11.3. The molecule has 40 heavy (non-hydrogen) atoms. The average Bonchev–Trinajstić information content (AvgIpc) is 3.29. The number of hydrogen-bond acceptors (Lipinski definition) is 5. The number of ether oxygens (including phenoxy) is 1. The quantitative estimate of drug-likeness (QED) is 0.215. The lowest BCUT2D eigenvalue weighted by atomic mass is 9.89. The molecule has 4 aromatic rings. The summed E-state index contributed by atoms with van der Waals surface area (Å²) in [5.41, 5.74) is 4.07. The predicted molar refractivity (Wildman–Crippen MR) is 172 cm³/mol. The molecular weight excluding hydrogens is 585 g/mol. The Kier molecular flexibility index (Phi) is 11.7. The SMILES string of the molecule is CCOc1ccc(-c2ccc(C)nc2)cc1CN(C(=O)c1sc2ccccc2c1Cl)C1CCC(NC)CC1.Cl.Cl. The summed E-state index contributed by atoms with van der Waals surface area (Å²) in [6.45, 7) is 4.99. The number of aromatic nitrogens is 1. The van der Waals surface area contributed by atoms with Crippen LogP contribution in [0.25, 0.3) is 21.2 Å². The lowest BCUT2D eigenvalue weighted by Crippen LogP contribution is -2.44. The molecule has 9 heteroatoms. The summed E-state index contributed by atoms with van der Waals surface area (Å²) in [5, 5.41) is 4.89. The molecule has 2 aromatic carbocycles. The van der Waals surface area contributed by atoms with E-state index in [9.17, 15) is 4.79 Å². The van der Waals surface area contributed by atoms with Crippen LogP contribution in [0.2, 0.25) is 5.02 Å². The van der Waals surface area contributed by atoms with Crippen LogP contribution in [0.15, 0.2) is 60.8 Å². The molecule has 2 aromatic heterocycles. The Morgan fingerprint density at radius 1 is 1.07 bits per heavy atom. The van der Waals surface area contributed by atoms with E-state index in [0.29, 0.717) is 29.1 Å². The van der Waals surface area contributed by atoms with E-state index in [0.717, 1.165) is 63.9 Å². The molecule has 1 N–H and O–H groups in total. The highest BCUT2D eigenvalue weighted by atomic mass is 35.5. The molecule has 5 rings (SSSR count). The number of amides is 1. The first kappa shape index (κ1) is 32.2. The highest BCUT2D eigenvalue weighted by Gasteiger charge is 2.32. The number of thiophene rings is 1. The van der Waals surface area contributed by atoms with Crippen LogP contribution in [0.1, 0.15) is 53.5 Å². The maximum absolute atomic E-state index is 14.2. The van der Waals surface area contributed by atoms with Crippen molar-refractivity contribution in [2.75, 3.05) is 13.7 Å². The van der Waals surface area contributed by atoms with E-state index in [-0.39, 0.29) is 36.8 Å². The van der Waals surface area contributed by atoms with Crippen molar-refractivity contribution in [3.8, 4) is 16.9 Å². The number of rotatable bonds is 8. The number of aryl methyl sites for hydroxylation is 1. The van der Waals surface area contributed by atoms with Crippen molar-refractivity contribution in [2.45, 2.75) is 58.2 Å². The molecule has 0 atom stereocenters. The molecule has 5 nitrogen and oxygen atoms in total. The van der Waals surface area contributed by atoms with Crippen molar-refractivity contribution in [1.29, 1.82) is 0 Å². The van der Waals surface area contributed by atoms with Crippen LogP contribution in [-0.2, 0) is 6.54 Å². The van der Waals surface area contributed by atoms with Crippen LogP contribution >= 0.6 is 47.8 Å². The zero-order valence-corrected chi connectivity index (χ0v) is 26.2. The third-order valence-electron chi connectivity index (χ3n) is 7.48. The highest BCUT2D eigenvalue weighted by Crippen LogP contribution is 2.38. The molecule has 2 heterocycles. The van der Waals surface area contributed by atoms with Gasteiger partial charge in [0.2, 0.25) is 0 Å². The van der Waals surface area contributed by atoms with Crippen LogP contribution in [0.3, 0.4) is 0 Å². The van der Waals surface area contributed by atoms with Crippen molar-refractivity contribution in [2.24, 2.45) is 0 Å². The first-order valence-corrected chi connectivity index (χ1v) is 14.5. The predicted octanol–water partition coefficient (Wildman–Crippen LogP) is 8.34. The molecule has 0 aliphatic heterocycles. The van der Waals surface area contributed by atoms with Crippen LogP contribution in [0.4, 0.5) is 0 Å². The number of nitrogens with one attached hydrogen (secondary N) is 1. The Labute approximate surface area is 258 Å². The number of carbonyl (C=O) groups is 1. The van der Waals surface area contributed by atoms with Gasteiger partial charge in [0, 0.05) is 51.7 Å². The molecule has 0 bridgehead atoms. The molecule has 214 valence electrons. The Morgan fingerprint density at radius 2 is 1.80 bits per heavy atom. The maximum Gasteiger partial charge on any atom is 0.266 e. The van der Waals surface area contributed by atoms with Gasteiger partial charge >= 0.3 is 0 Å². The highest BCUT2D eigenvalue weighted by molar-refractivity contribution is 7.21. The third-order valence-corrected chi connectivity index (χ3v) is 9.14. The van der Waals surface area contributed by atoms with E-state index in [4.69, 9.17) is 16.3 Å². The molecule has 1 fully saturated rings. The lowest BCUT2D eigenvalue weighted by Gasteiger charge is -2.37. The van der Waals surface area contributed by atoms with Crippen LogP contribution < -0.4 is 10.1 Å². The van der Waals surface area contributed by atoms with Crippen molar-refractivity contribution < 1.29 is 9.53 Å². The van der Waals surface area contributed by atoms with E-state index < -0.39 is 0 Å². The summed E-state index contributed by atoms with van der Waals surface area (Å²) in [4.78, 5) is 21.4. The van der Waals surface area contributed by atoms with Crippen molar-refractivity contribution in [1.82, 2.24) is 15.2 Å². The summed E-state index contributed by atoms with van der Waals surface area (Å²) in [5.74, 6) is 0.800. The zero-order chi connectivity index (χ0) is 26.6. The maximum atomic E-state index is 14.2. The van der Waals surface area contributed by atoms with Gasteiger partial charge in [0.05, 0.1) is 11.6 Å². The molecular formula is C31H36Cl3N3O2S. The third kappa shape index (κ3) is 6.92. The molecule has 0 radical (unpaired) electrons. The van der Waals surface area contributed by atoms with Gasteiger partial charge in [0.1, 0.15) is 10.6 Å². The number of nitrogens with zero attached hydrogens (tertiary/aromatic N) is 2. The average molecular weight is 621 g/mol. The number of pyridine rings is 1. The molecule has 0 saturated heterocycles. The number of benzene rings is 2. The first-order valence-electron chi connectivity index (χ1n) is 13.3. The Morgan fingerprint density at radius 3 is 2.45 bits per heavy atom. The molecule has 1 amide bonds. The molecule has 1 saturated carbocycles. The fourth-order valence-electron chi connectivity index (χ4n) is 5.33. The number of hydrogen-bond donors (Lipinski definition) is 1. The fourth-order valence-corrected chi connectivity index (χ4v) is 6.79. The van der Waals surface area contributed by atoms with Gasteiger partial charge in [0.15, 0.2) is 0 Å². The Balaban J connectivity index is 0.00000220. The summed E-state index contributed by atoms with van der Waals surface area (Å²) >= 11 is 8.28. The molecule has 1 aliphatic rings. The summed E-state index contributed by atoms with van der Waals surface area (Å²) < 4.78 is 7.07. The van der Waals surface area contributed by atoms with Crippen molar-refractivity contribution in [3.05, 3.63) is 82.0 Å². The summed E-state index contributed by atoms with van der Waals surface area (Å²) in [6.07, 6.45) is 5.88. The van der Waals surface area contributed by atoms with Gasteiger partial charge in [0.25, 0.3) is 5.91 Å². The minimum Gasteiger partial charge on any atom is -0.494 e. The van der Waals surface area contributed by atoms with E-state index in [1.807, 2.05) is 68.4 Å². The van der Waals surface area contributed by atoms with E-state index >= 15 is 0 Å². The Bertz CT molecular complexity index is 1420. The first-order chi connectivity index (χ1) is 18.5. The molecule has 0 spiro atoms. The van der Waals surface area contributed by atoms with Gasteiger partial charge in [-0.3, -0.25) is 9.78 Å². The Hall–Kier alpha value is -2.35. The van der Waals surface area contributed by atoms with Gasteiger partial charge in [-0.05, 0) is 76.4 Å². The number of halogens is 3. The van der Waals surface area contributed by atoms with Crippen molar-refractivity contribution >= 4 is 63.7 Å². The molecule has 1 aliphatic carbocycles. The standard InChI is InChI=1S/C31H34ClN3O2S.2ClH/c1-4-37-27-16-11-21(22-10-9-20(2)34-18-22)17-23(27)19-35(25-14-12-24(33-3)13-15-25)31(36)30-29(32)26-7-5-6-8-28(26)38-30;;/h5-11,16-18,24-25,33H,4,12-15,19H2,1-3H3;2*1H. The van der Waals surface area contributed by atoms with Crippen LogP contribution in [-0.4, -0.2) is 41.5 Å². The largest absolute Gasteiger partial charge is 0.494 e. The van der Waals surface area contributed by atoms with E-state index in [1.54, 1.807) is 0 Å². The monoisotopic (exact) mass is 619 g/mol. The van der Waals surface area contributed by atoms with Crippen LogP contribution in [0, 0.1) is 6.92 Å². The van der Waals surface area contributed by atoms with Gasteiger partial charge in [-0.2, -0.15) is 0 Å². The summed E-state index contributed by atoms with van der Waals surface area (Å²) in [7, 11) is 2.02.